The lowest BCUT2D eigenvalue weighted by Crippen LogP contribution is -2.10. The van der Waals surface area contributed by atoms with Gasteiger partial charge in [-0.2, -0.15) is 0 Å². The lowest BCUT2D eigenvalue weighted by Gasteiger charge is -2.23. The molecule has 0 heteroatoms. The monoisotopic (exact) mass is 124 g/mol. The van der Waals surface area contributed by atoms with Crippen LogP contribution in [0.1, 0.15) is 32.6 Å². The molecule has 0 spiro atoms. The Kier molecular flexibility index (Phi) is 2.32. The van der Waals surface area contributed by atoms with Crippen LogP contribution in [0.15, 0.2) is 12.7 Å². The summed E-state index contributed by atoms with van der Waals surface area (Å²) in [4.78, 5) is 0. The van der Waals surface area contributed by atoms with Gasteiger partial charge in [0.1, 0.15) is 0 Å². The van der Waals surface area contributed by atoms with Crippen molar-refractivity contribution >= 4 is 0 Å². The smallest absolute Gasteiger partial charge is 0.0234 e. The van der Waals surface area contributed by atoms with E-state index in [4.69, 9.17) is 0 Å². The van der Waals surface area contributed by atoms with E-state index < -0.39 is 0 Å². The molecule has 0 aromatic carbocycles. The third-order valence-electron chi connectivity index (χ3n) is 2.31. The fourth-order valence-corrected chi connectivity index (χ4v) is 1.70. The molecule has 2 atom stereocenters. The first-order valence-electron chi connectivity index (χ1n) is 3.95. The zero-order valence-electron chi connectivity index (χ0n) is 6.27. The summed E-state index contributed by atoms with van der Waals surface area (Å²) in [6.45, 7) is 6.16. The minimum Gasteiger partial charge on any atom is -0.103 e. The van der Waals surface area contributed by atoms with Crippen LogP contribution in [0.2, 0.25) is 0 Å². The molecule has 1 unspecified atom stereocenters. The molecular formula is C9H16. The molecule has 0 N–H and O–H groups in total. The van der Waals surface area contributed by atoms with Gasteiger partial charge in [0, 0.05) is 0 Å². The predicted octanol–water partition coefficient (Wildman–Crippen LogP) is 3.00. The van der Waals surface area contributed by atoms with Gasteiger partial charge in [0.25, 0.3) is 0 Å². The summed E-state index contributed by atoms with van der Waals surface area (Å²) >= 11 is 0. The van der Waals surface area contributed by atoms with E-state index in [2.05, 4.69) is 19.6 Å². The molecule has 0 aromatic heterocycles. The highest BCUT2D eigenvalue weighted by atomic mass is 14.2. The van der Waals surface area contributed by atoms with E-state index >= 15 is 0 Å². The van der Waals surface area contributed by atoms with Gasteiger partial charge < -0.3 is 0 Å². The molecule has 1 fully saturated rings. The fourth-order valence-electron chi connectivity index (χ4n) is 1.70. The van der Waals surface area contributed by atoms with Gasteiger partial charge >= 0.3 is 0 Å². The van der Waals surface area contributed by atoms with Gasteiger partial charge in [0.05, 0.1) is 0 Å². The second-order valence-corrected chi connectivity index (χ2v) is 3.27. The van der Waals surface area contributed by atoms with Crippen molar-refractivity contribution in [2.24, 2.45) is 11.8 Å². The Hall–Kier alpha value is -0.260. The highest BCUT2D eigenvalue weighted by Gasteiger charge is 2.15. The maximum Gasteiger partial charge on any atom is -0.0234 e. The number of hydrogen-bond acceptors (Lipinski definition) is 0. The fraction of sp³-hybridized carbons (Fsp3) is 0.778. The molecule has 1 rings (SSSR count). The normalized spacial score (nSPS) is 36.1. The highest BCUT2D eigenvalue weighted by Crippen LogP contribution is 2.28. The van der Waals surface area contributed by atoms with Crippen LogP contribution in [0.4, 0.5) is 0 Å². The van der Waals surface area contributed by atoms with Gasteiger partial charge in [-0.25, -0.2) is 0 Å². The Balaban J connectivity index is 2.31. The summed E-state index contributed by atoms with van der Waals surface area (Å²) in [6.07, 6.45) is 7.73. The molecule has 52 valence electrons. The van der Waals surface area contributed by atoms with E-state index in [0.717, 1.165) is 11.8 Å². The summed E-state index contributed by atoms with van der Waals surface area (Å²) < 4.78 is 0. The molecule has 0 saturated heterocycles. The molecule has 9 heavy (non-hydrogen) atoms. The minimum atomic E-state index is 0.828. The standard InChI is InChI=1S/C9H16/c1-3-9-6-4-5-8(2)7-9/h3,8-9H,1,4-7H2,2H3/t8?,9-/m0/s1. The van der Waals surface area contributed by atoms with Crippen molar-refractivity contribution in [2.45, 2.75) is 32.6 Å². The largest absolute Gasteiger partial charge is 0.103 e. The Labute approximate surface area is 58.0 Å². The van der Waals surface area contributed by atoms with E-state index in [0.29, 0.717) is 0 Å². The number of allylic oxidation sites excluding steroid dienone is 1. The Bertz CT molecular complexity index is 94.2. The van der Waals surface area contributed by atoms with Crippen LogP contribution >= 0.6 is 0 Å². The molecule has 0 nitrogen and oxygen atoms in total. The molecule has 0 radical (unpaired) electrons. The zero-order valence-corrected chi connectivity index (χ0v) is 6.27. The van der Waals surface area contributed by atoms with Crippen molar-refractivity contribution in [1.29, 1.82) is 0 Å². The van der Waals surface area contributed by atoms with E-state index in [-0.39, 0.29) is 0 Å². The molecule has 1 saturated carbocycles. The van der Waals surface area contributed by atoms with Gasteiger partial charge in [0.2, 0.25) is 0 Å². The lowest BCUT2D eigenvalue weighted by atomic mass is 9.83. The van der Waals surface area contributed by atoms with Crippen LogP contribution in [-0.2, 0) is 0 Å². The summed E-state index contributed by atoms with van der Waals surface area (Å²) in [5.41, 5.74) is 0. The average Bonchev–Trinajstić information content (AvgIpc) is 1.88. The van der Waals surface area contributed by atoms with Crippen molar-refractivity contribution in [3.8, 4) is 0 Å². The third kappa shape index (κ3) is 1.85. The van der Waals surface area contributed by atoms with Crippen molar-refractivity contribution < 1.29 is 0 Å². The number of hydrogen-bond donors (Lipinski definition) is 0. The second kappa shape index (κ2) is 3.05. The van der Waals surface area contributed by atoms with E-state index in [1.54, 1.807) is 0 Å². The van der Waals surface area contributed by atoms with E-state index in [9.17, 15) is 0 Å². The van der Waals surface area contributed by atoms with E-state index in [1.165, 1.54) is 25.7 Å². The maximum atomic E-state index is 3.82. The molecule has 1 aliphatic rings. The molecule has 0 amide bonds. The first kappa shape index (κ1) is 6.85. The highest BCUT2D eigenvalue weighted by molar-refractivity contribution is 4.83. The van der Waals surface area contributed by atoms with Gasteiger partial charge in [-0.3, -0.25) is 0 Å². The van der Waals surface area contributed by atoms with Crippen LogP contribution in [0.3, 0.4) is 0 Å². The van der Waals surface area contributed by atoms with Crippen LogP contribution in [-0.4, -0.2) is 0 Å². The number of rotatable bonds is 1. The Morgan fingerprint density at radius 1 is 1.44 bits per heavy atom. The third-order valence-corrected chi connectivity index (χ3v) is 2.31. The summed E-state index contributed by atoms with van der Waals surface area (Å²) in [6, 6.07) is 0. The Morgan fingerprint density at radius 2 is 2.22 bits per heavy atom. The summed E-state index contributed by atoms with van der Waals surface area (Å²) in [5.74, 6) is 1.77. The van der Waals surface area contributed by atoms with Crippen LogP contribution in [0, 0.1) is 11.8 Å². The summed E-state index contributed by atoms with van der Waals surface area (Å²) in [7, 11) is 0. The zero-order chi connectivity index (χ0) is 6.69. The molecule has 0 heterocycles. The quantitative estimate of drug-likeness (QED) is 0.471. The first-order valence-corrected chi connectivity index (χ1v) is 3.95. The predicted molar refractivity (Wildman–Crippen MR) is 41.3 cm³/mol. The molecule has 1 aliphatic carbocycles. The maximum absolute atomic E-state index is 3.82. The van der Waals surface area contributed by atoms with Gasteiger partial charge in [-0.1, -0.05) is 25.8 Å². The lowest BCUT2D eigenvalue weighted by molar-refractivity contribution is 0.325. The SMILES string of the molecule is C=C[C@H]1CCCC(C)C1. The van der Waals surface area contributed by atoms with Gasteiger partial charge in [-0.05, 0) is 24.7 Å². The Morgan fingerprint density at radius 3 is 2.67 bits per heavy atom. The molecular weight excluding hydrogens is 108 g/mol. The first-order chi connectivity index (χ1) is 4.33. The average molecular weight is 124 g/mol. The van der Waals surface area contributed by atoms with Gasteiger partial charge in [0.15, 0.2) is 0 Å². The van der Waals surface area contributed by atoms with Crippen molar-refractivity contribution in [3.05, 3.63) is 12.7 Å². The molecule has 0 bridgehead atoms. The van der Waals surface area contributed by atoms with E-state index in [1.807, 2.05) is 0 Å². The second-order valence-electron chi connectivity index (χ2n) is 3.27. The van der Waals surface area contributed by atoms with Crippen molar-refractivity contribution in [2.75, 3.05) is 0 Å². The molecule has 0 aromatic rings. The summed E-state index contributed by atoms with van der Waals surface area (Å²) in [5, 5.41) is 0. The molecule has 0 aliphatic heterocycles. The topological polar surface area (TPSA) is 0 Å². The van der Waals surface area contributed by atoms with Crippen molar-refractivity contribution in [3.63, 3.8) is 0 Å². The van der Waals surface area contributed by atoms with Crippen LogP contribution in [0.25, 0.3) is 0 Å². The van der Waals surface area contributed by atoms with Crippen LogP contribution < -0.4 is 0 Å². The van der Waals surface area contributed by atoms with Crippen molar-refractivity contribution in [1.82, 2.24) is 0 Å². The van der Waals surface area contributed by atoms with Crippen LogP contribution in [0.5, 0.6) is 0 Å². The minimum absolute atomic E-state index is 0.828. The van der Waals surface area contributed by atoms with Gasteiger partial charge in [-0.15, -0.1) is 6.58 Å².